The molecular formula is C20H27BF3NO4. The Labute approximate surface area is 168 Å². The molecule has 0 amide bonds. The molecule has 1 heterocycles. The van der Waals surface area contributed by atoms with Crippen LogP contribution in [0.5, 0.6) is 0 Å². The van der Waals surface area contributed by atoms with Gasteiger partial charge in [0.05, 0.1) is 11.7 Å². The Kier molecular flexibility index (Phi) is 5.79. The number of carbonyl (C=O) groups is 1. The van der Waals surface area contributed by atoms with Gasteiger partial charge in [0.2, 0.25) is 0 Å². The fourth-order valence-corrected chi connectivity index (χ4v) is 5.06. The van der Waals surface area contributed by atoms with E-state index in [1.807, 2.05) is 6.07 Å². The lowest BCUT2D eigenvalue weighted by molar-refractivity contribution is -0.199. The maximum atomic E-state index is 10.6. The molecule has 0 aromatic heterocycles. The second-order valence-corrected chi connectivity index (χ2v) is 8.99. The molecule has 2 unspecified atom stereocenters. The highest BCUT2D eigenvalue weighted by Gasteiger charge is 2.68. The van der Waals surface area contributed by atoms with Crippen LogP contribution in [0.2, 0.25) is 0 Å². The third-order valence-corrected chi connectivity index (χ3v) is 6.88. The van der Waals surface area contributed by atoms with Gasteiger partial charge in [0.1, 0.15) is 0 Å². The summed E-state index contributed by atoms with van der Waals surface area (Å²) in [5, 5.41) is 7.12. The van der Waals surface area contributed by atoms with E-state index in [0.717, 1.165) is 18.8 Å². The van der Waals surface area contributed by atoms with Gasteiger partial charge < -0.3 is 20.1 Å². The van der Waals surface area contributed by atoms with Crippen molar-refractivity contribution in [2.75, 3.05) is 0 Å². The lowest BCUT2D eigenvalue weighted by atomic mass is 9.43. The Morgan fingerprint density at radius 2 is 1.86 bits per heavy atom. The predicted molar refractivity (Wildman–Crippen MR) is 102 cm³/mol. The van der Waals surface area contributed by atoms with E-state index in [1.54, 1.807) is 0 Å². The van der Waals surface area contributed by atoms with Crippen molar-refractivity contribution < 1.29 is 32.4 Å². The van der Waals surface area contributed by atoms with Gasteiger partial charge >= 0.3 is 19.3 Å². The fourth-order valence-electron chi connectivity index (χ4n) is 5.06. The van der Waals surface area contributed by atoms with Crippen molar-refractivity contribution in [1.29, 1.82) is 0 Å². The van der Waals surface area contributed by atoms with Crippen LogP contribution >= 0.6 is 0 Å². The number of alkyl halides is 3. The molecule has 3 N–H and O–H groups in total. The van der Waals surface area contributed by atoms with Gasteiger partial charge in [-0.05, 0) is 49.0 Å². The quantitative estimate of drug-likeness (QED) is 0.742. The number of carboxylic acids is 1. The molecule has 160 valence electrons. The highest BCUT2D eigenvalue weighted by molar-refractivity contribution is 6.47. The van der Waals surface area contributed by atoms with E-state index in [9.17, 15) is 13.2 Å². The molecule has 2 bridgehead atoms. The number of hydrogen-bond donors (Lipinski definition) is 2. The van der Waals surface area contributed by atoms with Crippen molar-refractivity contribution in [3.8, 4) is 0 Å². The molecule has 3 aliphatic carbocycles. The van der Waals surface area contributed by atoms with Crippen LogP contribution in [0.4, 0.5) is 13.2 Å². The van der Waals surface area contributed by atoms with Gasteiger partial charge in [0.25, 0.3) is 0 Å². The molecule has 4 fully saturated rings. The molecule has 29 heavy (non-hydrogen) atoms. The van der Waals surface area contributed by atoms with Crippen LogP contribution in [0.3, 0.4) is 0 Å². The molecule has 1 aromatic rings. The third kappa shape index (κ3) is 4.18. The number of rotatable bonds is 3. The van der Waals surface area contributed by atoms with E-state index < -0.39 is 12.1 Å². The highest BCUT2D eigenvalue weighted by atomic mass is 19.4. The number of carboxylic acid groups (broad SMARTS) is 1. The van der Waals surface area contributed by atoms with Crippen LogP contribution < -0.4 is 5.73 Å². The number of hydrogen-bond acceptors (Lipinski definition) is 4. The molecule has 1 aliphatic heterocycles. The van der Waals surface area contributed by atoms with Crippen molar-refractivity contribution in [3.05, 3.63) is 35.9 Å². The van der Waals surface area contributed by atoms with Gasteiger partial charge in [0, 0.05) is 5.94 Å². The van der Waals surface area contributed by atoms with Gasteiger partial charge in [-0.1, -0.05) is 44.2 Å². The van der Waals surface area contributed by atoms with Gasteiger partial charge in [-0.2, -0.15) is 13.2 Å². The first-order chi connectivity index (χ1) is 13.4. The summed E-state index contributed by atoms with van der Waals surface area (Å²) in [6.07, 6.45) is -1.67. The van der Waals surface area contributed by atoms with Gasteiger partial charge in [-0.15, -0.1) is 0 Å². The molecule has 4 aliphatic rings. The molecule has 3 saturated carbocycles. The summed E-state index contributed by atoms with van der Waals surface area (Å²) in [7, 11) is -0.273. The third-order valence-electron chi connectivity index (χ3n) is 6.88. The number of halogens is 3. The molecule has 5 atom stereocenters. The summed E-state index contributed by atoms with van der Waals surface area (Å²) in [4.78, 5) is 8.90. The zero-order chi connectivity index (χ0) is 21.6. The smallest absolute Gasteiger partial charge is 0.475 e. The first kappa shape index (κ1) is 22.1. The Hall–Kier alpha value is -1.58. The lowest BCUT2D eigenvalue weighted by Crippen LogP contribution is -2.65. The zero-order valence-electron chi connectivity index (χ0n) is 16.8. The van der Waals surface area contributed by atoms with E-state index in [4.69, 9.17) is 24.9 Å². The van der Waals surface area contributed by atoms with Crippen molar-refractivity contribution in [2.24, 2.45) is 23.0 Å². The van der Waals surface area contributed by atoms with Crippen molar-refractivity contribution in [1.82, 2.24) is 0 Å². The van der Waals surface area contributed by atoms with Gasteiger partial charge in [-0.25, -0.2) is 4.79 Å². The van der Waals surface area contributed by atoms with Crippen molar-refractivity contribution >= 4 is 13.1 Å². The first-order valence-electron chi connectivity index (χ1n) is 9.78. The fraction of sp³-hybridized carbons (Fsp3) is 0.650. The van der Waals surface area contributed by atoms with Crippen LogP contribution in [0.15, 0.2) is 30.3 Å². The average Bonchev–Trinajstić information content (AvgIpc) is 2.99. The minimum atomic E-state index is -5.08. The molecule has 9 heteroatoms. The minimum Gasteiger partial charge on any atom is -0.475 e. The average molecular weight is 413 g/mol. The standard InChI is InChI=1S/C18H26BNO2.C2HF3O2/c1-17(2)13-10-14(17)18(3)15(11-13)21-19(22-18)16(20)9-12-7-5-4-6-8-12;3-2(4,5)1(6)7/h4-8,13-16H,9-11,20H2,1-3H3;(H,6,7)/t13?,14-,15?,16+,18-;/m1./s1. The highest BCUT2D eigenvalue weighted by Crippen LogP contribution is 2.65. The van der Waals surface area contributed by atoms with Crippen LogP contribution in [0.25, 0.3) is 0 Å². The Morgan fingerprint density at radius 3 is 2.38 bits per heavy atom. The molecular weight excluding hydrogens is 386 g/mol. The number of benzene rings is 1. The summed E-state index contributed by atoms with van der Waals surface area (Å²) in [6, 6.07) is 10.4. The topological polar surface area (TPSA) is 81.8 Å². The molecule has 1 saturated heterocycles. The lowest BCUT2D eigenvalue weighted by Gasteiger charge is -2.64. The summed E-state index contributed by atoms with van der Waals surface area (Å²) in [5.74, 6) is -1.49. The summed E-state index contributed by atoms with van der Waals surface area (Å²) in [5.41, 5.74) is 7.87. The molecule has 5 nitrogen and oxygen atoms in total. The van der Waals surface area contributed by atoms with E-state index in [2.05, 4.69) is 45.0 Å². The monoisotopic (exact) mass is 413 g/mol. The molecule has 5 rings (SSSR count). The van der Waals surface area contributed by atoms with Crippen LogP contribution in [-0.2, 0) is 20.5 Å². The SMILES string of the molecule is CC1(C)C2CC3OB([C@@H](N)Cc4ccccc4)O[C@]3(C)[C@@H]1C2.O=C(O)C(F)(F)F. The maximum Gasteiger partial charge on any atom is 0.490 e. The van der Waals surface area contributed by atoms with Crippen LogP contribution in [0, 0.1) is 17.3 Å². The van der Waals surface area contributed by atoms with Crippen LogP contribution in [0.1, 0.15) is 39.2 Å². The van der Waals surface area contributed by atoms with E-state index in [0.29, 0.717) is 11.3 Å². The Balaban J connectivity index is 0.000000298. The zero-order valence-corrected chi connectivity index (χ0v) is 16.8. The van der Waals surface area contributed by atoms with Crippen molar-refractivity contribution in [3.63, 3.8) is 0 Å². The van der Waals surface area contributed by atoms with Crippen molar-refractivity contribution in [2.45, 2.75) is 63.9 Å². The molecule has 0 spiro atoms. The Morgan fingerprint density at radius 1 is 1.28 bits per heavy atom. The Bertz CT molecular complexity index is 745. The summed E-state index contributed by atoms with van der Waals surface area (Å²) in [6.45, 7) is 7.01. The first-order valence-corrected chi connectivity index (χ1v) is 9.78. The number of nitrogens with two attached hydrogens (primary N) is 1. The maximum absolute atomic E-state index is 10.6. The molecule has 0 radical (unpaired) electrons. The molecule has 1 aromatic carbocycles. The normalized spacial score (nSPS) is 33.1. The second-order valence-electron chi connectivity index (χ2n) is 8.99. The van der Waals surface area contributed by atoms with E-state index in [-0.39, 0.29) is 24.8 Å². The minimum absolute atomic E-state index is 0.106. The van der Waals surface area contributed by atoms with E-state index in [1.165, 1.54) is 12.0 Å². The van der Waals surface area contributed by atoms with Gasteiger partial charge in [-0.3, -0.25) is 0 Å². The largest absolute Gasteiger partial charge is 0.490 e. The summed E-state index contributed by atoms with van der Waals surface area (Å²) < 4.78 is 44.4. The van der Waals surface area contributed by atoms with Gasteiger partial charge in [0.15, 0.2) is 0 Å². The van der Waals surface area contributed by atoms with Crippen LogP contribution in [-0.4, -0.2) is 42.0 Å². The summed E-state index contributed by atoms with van der Waals surface area (Å²) >= 11 is 0. The second kappa shape index (κ2) is 7.59. The predicted octanol–water partition coefficient (Wildman–Crippen LogP) is 3.46. The number of aliphatic carboxylic acids is 1. The van der Waals surface area contributed by atoms with E-state index >= 15 is 0 Å².